The summed E-state index contributed by atoms with van der Waals surface area (Å²) in [6, 6.07) is 7.60. The molecule has 1 aliphatic heterocycles. The van der Waals surface area contributed by atoms with Gasteiger partial charge in [0.15, 0.2) is 0 Å². The molecule has 4 heteroatoms. The Kier molecular flexibility index (Phi) is 3.76. The highest BCUT2D eigenvalue weighted by Gasteiger charge is 2.30. The first kappa shape index (κ1) is 12.1. The molecule has 2 rings (SSSR count). The van der Waals surface area contributed by atoms with Gasteiger partial charge in [0.25, 0.3) is 0 Å². The van der Waals surface area contributed by atoms with Crippen molar-refractivity contribution in [1.82, 2.24) is 4.90 Å². The number of carboxylic acids is 1. The molecule has 1 aliphatic rings. The van der Waals surface area contributed by atoms with Crippen molar-refractivity contribution < 1.29 is 14.6 Å². The summed E-state index contributed by atoms with van der Waals surface area (Å²) in [5, 5.41) is 9.25. The largest absolute Gasteiger partial charge is 0.480 e. The number of nitrogens with zero attached hydrogens (tertiary/aromatic N) is 1. The van der Waals surface area contributed by atoms with Gasteiger partial charge in [-0.25, -0.2) is 0 Å². The lowest BCUT2D eigenvalue weighted by Gasteiger charge is -2.34. The van der Waals surface area contributed by atoms with E-state index in [0.717, 1.165) is 5.56 Å². The minimum atomic E-state index is -0.754. The summed E-state index contributed by atoms with van der Waals surface area (Å²) >= 11 is 0. The summed E-state index contributed by atoms with van der Waals surface area (Å²) < 4.78 is 5.03. The van der Waals surface area contributed by atoms with Gasteiger partial charge in [0.05, 0.1) is 6.61 Å². The van der Waals surface area contributed by atoms with Crippen molar-refractivity contribution in [2.75, 3.05) is 20.3 Å². The highest BCUT2D eigenvalue weighted by molar-refractivity contribution is 5.74. The van der Waals surface area contributed by atoms with Crippen molar-refractivity contribution in [3.8, 4) is 0 Å². The molecule has 0 aromatic heterocycles. The Balaban J connectivity index is 2.18. The van der Waals surface area contributed by atoms with Crippen LogP contribution in [-0.4, -0.2) is 42.3 Å². The molecule has 0 spiro atoms. The molecule has 4 nitrogen and oxygen atoms in total. The number of fused-ring (bicyclic) bond motifs is 1. The first-order chi connectivity index (χ1) is 8.22. The molecule has 1 heterocycles. The van der Waals surface area contributed by atoms with E-state index >= 15 is 0 Å². The summed E-state index contributed by atoms with van der Waals surface area (Å²) in [5.74, 6) is -0.754. The van der Waals surface area contributed by atoms with Gasteiger partial charge in [-0.05, 0) is 17.5 Å². The summed E-state index contributed by atoms with van der Waals surface area (Å²) in [7, 11) is 1.63. The second-order valence-corrected chi connectivity index (χ2v) is 4.29. The van der Waals surface area contributed by atoms with Crippen molar-refractivity contribution in [3.05, 3.63) is 35.4 Å². The van der Waals surface area contributed by atoms with Crippen LogP contribution < -0.4 is 0 Å². The molecule has 0 amide bonds. The van der Waals surface area contributed by atoms with Crippen molar-refractivity contribution in [2.24, 2.45) is 0 Å². The van der Waals surface area contributed by atoms with Gasteiger partial charge in [-0.1, -0.05) is 24.3 Å². The topological polar surface area (TPSA) is 49.8 Å². The number of benzene rings is 1. The second-order valence-electron chi connectivity index (χ2n) is 4.29. The van der Waals surface area contributed by atoms with Crippen LogP contribution in [0.25, 0.3) is 0 Å². The third-order valence-electron chi connectivity index (χ3n) is 3.21. The van der Waals surface area contributed by atoms with Crippen molar-refractivity contribution in [2.45, 2.75) is 19.0 Å². The molecule has 1 aromatic rings. The minimum absolute atomic E-state index is 0.431. The van der Waals surface area contributed by atoms with E-state index in [2.05, 4.69) is 6.07 Å². The number of aliphatic carboxylic acids is 1. The van der Waals surface area contributed by atoms with E-state index in [4.69, 9.17) is 4.74 Å². The highest BCUT2D eigenvalue weighted by Crippen LogP contribution is 2.23. The Morgan fingerprint density at radius 1 is 1.47 bits per heavy atom. The van der Waals surface area contributed by atoms with Gasteiger partial charge in [-0.2, -0.15) is 0 Å². The average molecular weight is 235 g/mol. The Bertz CT molecular complexity index is 405. The maximum Gasteiger partial charge on any atom is 0.321 e. The van der Waals surface area contributed by atoms with E-state index in [9.17, 15) is 9.90 Å². The first-order valence-corrected chi connectivity index (χ1v) is 5.75. The van der Waals surface area contributed by atoms with Gasteiger partial charge in [0.2, 0.25) is 0 Å². The Morgan fingerprint density at radius 2 is 2.18 bits per heavy atom. The van der Waals surface area contributed by atoms with Gasteiger partial charge in [-0.3, -0.25) is 9.69 Å². The molecule has 0 fully saturated rings. The molecule has 0 saturated carbocycles. The number of hydrogen-bond donors (Lipinski definition) is 1. The predicted octanol–water partition coefficient (Wildman–Crippen LogP) is 1.14. The fraction of sp³-hybridized carbons (Fsp3) is 0.462. The van der Waals surface area contributed by atoms with Crippen molar-refractivity contribution in [3.63, 3.8) is 0 Å². The van der Waals surface area contributed by atoms with E-state index in [1.165, 1.54) is 5.56 Å². The van der Waals surface area contributed by atoms with Gasteiger partial charge in [0.1, 0.15) is 6.04 Å². The Labute approximate surface area is 101 Å². The molecular weight excluding hydrogens is 218 g/mol. The van der Waals surface area contributed by atoms with Crippen LogP contribution in [0.4, 0.5) is 0 Å². The maximum absolute atomic E-state index is 11.3. The zero-order valence-corrected chi connectivity index (χ0v) is 9.93. The zero-order chi connectivity index (χ0) is 12.3. The van der Waals surface area contributed by atoms with Crippen LogP contribution in [0.3, 0.4) is 0 Å². The van der Waals surface area contributed by atoms with Crippen LogP contribution in [0.5, 0.6) is 0 Å². The highest BCUT2D eigenvalue weighted by atomic mass is 16.5. The lowest BCUT2D eigenvalue weighted by molar-refractivity contribution is -0.144. The third kappa shape index (κ3) is 2.65. The third-order valence-corrected chi connectivity index (χ3v) is 3.21. The quantitative estimate of drug-likeness (QED) is 0.850. The van der Waals surface area contributed by atoms with Gasteiger partial charge >= 0.3 is 5.97 Å². The molecule has 1 N–H and O–H groups in total. The number of hydrogen-bond acceptors (Lipinski definition) is 3. The van der Waals surface area contributed by atoms with Gasteiger partial charge < -0.3 is 9.84 Å². The van der Waals surface area contributed by atoms with Crippen LogP contribution in [-0.2, 0) is 22.5 Å². The predicted molar refractivity (Wildman–Crippen MR) is 63.9 cm³/mol. The normalized spacial score (nSPS) is 19.9. The van der Waals surface area contributed by atoms with E-state index in [0.29, 0.717) is 26.1 Å². The monoisotopic (exact) mass is 235 g/mol. The molecule has 17 heavy (non-hydrogen) atoms. The van der Waals surface area contributed by atoms with Crippen LogP contribution in [0.1, 0.15) is 11.1 Å². The number of rotatable bonds is 4. The van der Waals surface area contributed by atoms with E-state index in [1.807, 2.05) is 23.1 Å². The van der Waals surface area contributed by atoms with Crippen LogP contribution in [0.2, 0.25) is 0 Å². The maximum atomic E-state index is 11.3. The minimum Gasteiger partial charge on any atom is -0.480 e. The summed E-state index contributed by atoms with van der Waals surface area (Å²) in [6.45, 7) is 1.91. The molecule has 0 bridgehead atoms. The number of carboxylic acid groups (broad SMARTS) is 1. The molecule has 1 aromatic carbocycles. The molecule has 0 saturated heterocycles. The smallest absolute Gasteiger partial charge is 0.321 e. The summed E-state index contributed by atoms with van der Waals surface area (Å²) in [6.07, 6.45) is 0.579. The zero-order valence-electron chi connectivity index (χ0n) is 9.93. The fourth-order valence-corrected chi connectivity index (χ4v) is 2.26. The van der Waals surface area contributed by atoms with Crippen LogP contribution in [0.15, 0.2) is 24.3 Å². The summed E-state index contributed by atoms with van der Waals surface area (Å²) in [4.78, 5) is 13.2. The van der Waals surface area contributed by atoms with Crippen molar-refractivity contribution >= 4 is 5.97 Å². The van der Waals surface area contributed by atoms with Gasteiger partial charge in [-0.15, -0.1) is 0 Å². The fourth-order valence-electron chi connectivity index (χ4n) is 2.26. The van der Waals surface area contributed by atoms with Crippen LogP contribution in [0, 0.1) is 0 Å². The average Bonchev–Trinajstić information content (AvgIpc) is 2.35. The lowest BCUT2D eigenvalue weighted by Crippen LogP contribution is -2.46. The summed E-state index contributed by atoms with van der Waals surface area (Å²) in [5.41, 5.74) is 2.37. The second kappa shape index (κ2) is 5.29. The van der Waals surface area contributed by atoms with E-state index in [1.54, 1.807) is 7.11 Å². The van der Waals surface area contributed by atoms with Crippen molar-refractivity contribution in [1.29, 1.82) is 0 Å². The first-order valence-electron chi connectivity index (χ1n) is 5.75. The molecule has 0 radical (unpaired) electrons. The van der Waals surface area contributed by atoms with E-state index < -0.39 is 12.0 Å². The molecule has 1 atom stereocenters. The SMILES string of the molecule is COCCN1Cc2ccccc2C[C@H]1C(=O)O. The number of ether oxygens (including phenoxy) is 1. The Hall–Kier alpha value is -1.39. The molecule has 0 unspecified atom stereocenters. The lowest BCUT2D eigenvalue weighted by atomic mass is 9.94. The van der Waals surface area contributed by atoms with Crippen LogP contribution >= 0.6 is 0 Å². The van der Waals surface area contributed by atoms with Gasteiger partial charge in [0, 0.05) is 20.2 Å². The Morgan fingerprint density at radius 3 is 2.82 bits per heavy atom. The number of carbonyl (C=O) groups is 1. The molecular formula is C13H17NO3. The standard InChI is InChI=1S/C13H17NO3/c1-17-7-6-14-9-11-5-3-2-4-10(11)8-12(14)13(15)16/h2-5,12H,6-9H2,1H3,(H,15,16)/t12-/m0/s1. The molecule has 92 valence electrons. The van der Waals surface area contributed by atoms with E-state index in [-0.39, 0.29) is 0 Å². The number of methoxy groups -OCH3 is 1. The molecule has 0 aliphatic carbocycles.